The van der Waals surface area contributed by atoms with Gasteiger partial charge in [0.2, 0.25) is 20.0 Å². The van der Waals surface area contributed by atoms with Crippen molar-refractivity contribution in [2.45, 2.75) is 83.3 Å². The summed E-state index contributed by atoms with van der Waals surface area (Å²) in [5, 5.41) is -0.694. The van der Waals surface area contributed by atoms with E-state index < -0.39 is 25.3 Å². The third-order valence-electron chi connectivity index (χ3n) is 5.06. The molecule has 160 valence electrons. The second-order valence-electron chi connectivity index (χ2n) is 10.00. The summed E-state index contributed by atoms with van der Waals surface area (Å²) in [6, 6.07) is 0. The topological polar surface area (TPSA) is 102 Å². The lowest BCUT2D eigenvalue weighted by atomic mass is 9.85. The molecule has 0 radical (unpaired) electrons. The fourth-order valence-corrected chi connectivity index (χ4v) is 6.51. The van der Waals surface area contributed by atoms with Gasteiger partial charge in [0.25, 0.3) is 0 Å². The molecule has 2 fully saturated rings. The second kappa shape index (κ2) is 8.26. The highest BCUT2D eigenvalue weighted by Crippen LogP contribution is 2.32. The van der Waals surface area contributed by atoms with Gasteiger partial charge in [-0.1, -0.05) is 34.6 Å². The Balaban J connectivity index is 1.89. The monoisotopic (exact) mass is 424 g/mol. The Kier molecular flexibility index (Phi) is 7.05. The van der Waals surface area contributed by atoms with Crippen molar-refractivity contribution in [2.24, 2.45) is 10.8 Å². The first-order chi connectivity index (χ1) is 12.2. The molecule has 2 N–H and O–H groups in total. The van der Waals surface area contributed by atoms with Crippen molar-refractivity contribution in [1.82, 2.24) is 9.44 Å². The van der Waals surface area contributed by atoms with Crippen LogP contribution in [0, 0.1) is 10.8 Å². The lowest BCUT2D eigenvalue weighted by Crippen LogP contribution is -2.45. The summed E-state index contributed by atoms with van der Waals surface area (Å²) in [5.41, 5.74) is -0.421. The number of ether oxygens (including phenoxy) is 1. The minimum atomic E-state index is -3.39. The maximum absolute atomic E-state index is 12.6. The predicted molar refractivity (Wildman–Crippen MR) is 107 cm³/mol. The van der Waals surface area contributed by atoms with E-state index in [1.807, 2.05) is 34.6 Å². The number of hydrogen-bond donors (Lipinski definition) is 2. The number of sulfonamides is 2. The summed E-state index contributed by atoms with van der Waals surface area (Å²) in [6.45, 7) is 11.1. The van der Waals surface area contributed by atoms with Crippen LogP contribution in [0.3, 0.4) is 0 Å². The Bertz CT molecular complexity index is 707. The van der Waals surface area contributed by atoms with Crippen molar-refractivity contribution in [2.75, 3.05) is 19.7 Å². The Morgan fingerprint density at radius 2 is 1.41 bits per heavy atom. The van der Waals surface area contributed by atoms with Gasteiger partial charge in [-0.15, -0.1) is 0 Å². The minimum absolute atomic E-state index is 0.113. The third-order valence-corrected chi connectivity index (χ3v) is 8.81. The summed E-state index contributed by atoms with van der Waals surface area (Å²) in [6.07, 6.45) is 2.84. The van der Waals surface area contributed by atoms with Gasteiger partial charge >= 0.3 is 0 Å². The molecule has 0 spiro atoms. The number of nitrogens with one attached hydrogen (secondary N) is 2. The first-order valence-electron chi connectivity index (χ1n) is 9.79. The number of hydrogen-bond acceptors (Lipinski definition) is 5. The Hall–Kier alpha value is -0.220. The lowest BCUT2D eigenvalue weighted by molar-refractivity contribution is -0.00755. The molecule has 1 saturated heterocycles. The molecule has 0 aromatic rings. The summed E-state index contributed by atoms with van der Waals surface area (Å²) in [5.74, 6) is 0. The molecule has 7 nitrogen and oxygen atoms in total. The molecule has 2 unspecified atom stereocenters. The molecular weight excluding hydrogens is 388 g/mol. The van der Waals surface area contributed by atoms with E-state index in [2.05, 4.69) is 9.44 Å². The Labute approximate surface area is 165 Å². The zero-order valence-electron chi connectivity index (χ0n) is 17.2. The van der Waals surface area contributed by atoms with Gasteiger partial charge in [-0.05, 0) is 42.9 Å². The first-order valence-corrected chi connectivity index (χ1v) is 12.9. The van der Waals surface area contributed by atoms with Crippen molar-refractivity contribution in [3.05, 3.63) is 0 Å². The van der Waals surface area contributed by atoms with Crippen LogP contribution in [0.2, 0.25) is 0 Å². The maximum Gasteiger partial charge on any atom is 0.214 e. The van der Waals surface area contributed by atoms with E-state index >= 15 is 0 Å². The quantitative estimate of drug-likeness (QED) is 0.589. The maximum atomic E-state index is 12.6. The third kappa shape index (κ3) is 7.61. The highest BCUT2D eigenvalue weighted by molar-refractivity contribution is 7.90. The van der Waals surface area contributed by atoms with Crippen LogP contribution in [0.4, 0.5) is 0 Å². The van der Waals surface area contributed by atoms with Crippen LogP contribution in [0.25, 0.3) is 0 Å². The normalized spacial score (nSPS) is 25.5. The van der Waals surface area contributed by atoms with Crippen molar-refractivity contribution in [3.63, 3.8) is 0 Å². The molecule has 27 heavy (non-hydrogen) atoms. The van der Waals surface area contributed by atoms with Crippen LogP contribution < -0.4 is 9.44 Å². The van der Waals surface area contributed by atoms with Crippen LogP contribution in [0.5, 0.6) is 0 Å². The zero-order valence-corrected chi connectivity index (χ0v) is 18.9. The van der Waals surface area contributed by atoms with E-state index in [4.69, 9.17) is 4.74 Å². The van der Waals surface area contributed by atoms with E-state index in [-0.39, 0.29) is 22.2 Å². The molecule has 2 aliphatic rings. The van der Waals surface area contributed by atoms with Gasteiger partial charge in [0, 0.05) is 19.7 Å². The van der Waals surface area contributed by atoms with Gasteiger partial charge in [0.1, 0.15) is 0 Å². The van der Waals surface area contributed by atoms with Crippen LogP contribution in [0.15, 0.2) is 0 Å². The van der Waals surface area contributed by atoms with Crippen LogP contribution in [-0.2, 0) is 24.8 Å². The second-order valence-corrected chi connectivity index (χ2v) is 14.1. The molecule has 0 bridgehead atoms. The lowest BCUT2D eigenvalue weighted by Gasteiger charge is -2.35. The molecule has 0 amide bonds. The van der Waals surface area contributed by atoms with Gasteiger partial charge < -0.3 is 4.74 Å². The summed E-state index contributed by atoms with van der Waals surface area (Å²) >= 11 is 0. The van der Waals surface area contributed by atoms with E-state index in [0.717, 1.165) is 12.8 Å². The van der Waals surface area contributed by atoms with Crippen LogP contribution in [-0.4, -0.2) is 53.1 Å². The molecule has 0 aromatic heterocycles. The van der Waals surface area contributed by atoms with Crippen molar-refractivity contribution >= 4 is 20.0 Å². The van der Waals surface area contributed by atoms with E-state index in [9.17, 15) is 16.8 Å². The van der Waals surface area contributed by atoms with Crippen LogP contribution in [0.1, 0.15) is 66.7 Å². The van der Waals surface area contributed by atoms with Crippen molar-refractivity contribution in [3.8, 4) is 0 Å². The Morgan fingerprint density at radius 1 is 0.852 bits per heavy atom. The molecule has 1 saturated carbocycles. The summed E-state index contributed by atoms with van der Waals surface area (Å²) in [4.78, 5) is 0. The minimum Gasteiger partial charge on any atom is -0.378 e. The Morgan fingerprint density at radius 3 is 1.96 bits per heavy atom. The van der Waals surface area contributed by atoms with E-state index in [1.165, 1.54) is 0 Å². The molecule has 2 atom stereocenters. The average molecular weight is 425 g/mol. The van der Waals surface area contributed by atoms with Gasteiger partial charge in [-0.25, -0.2) is 26.3 Å². The predicted octanol–water partition coefficient (Wildman–Crippen LogP) is 2.00. The molecule has 0 aromatic carbocycles. The standard InChI is InChI=1S/C18H36N2O5S2/c1-17(2,3)12-19-27(23,24)16-8-9-25-14(10-16)11-18(4,5)13-20-26(21,22)15-6-7-15/h14-16,19-20H,6-13H2,1-5H3. The fourth-order valence-electron chi connectivity index (χ4n) is 3.18. The van der Waals surface area contributed by atoms with Crippen molar-refractivity contribution < 1.29 is 21.6 Å². The first kappa shape index (κ1) is 23.1. The highest BCUT2D eigenvalue weighted by atomic mass is 32.2. The smallest absolute Gasteiger partial charge is 0.214 e. The molecule has 2 rings (SSSR count). The molecule has 1 heterocycles. The number of rotatable bonds is 9. The highest BCUT2D eigenvalue weighted by Gasteiger charge is 2.38. The summed E-state index contributed by atoms with van der Waals surface area (Å²) in [7, 11) is -6.60. The molecular formula is C18H36N2O5S2. The molecule has 1 aliphatic heterocycles. The van der Waals surface area contributed by atoms with E-state index in [1.54, 1.807) is 0 Å². The molecule has 1 aliphatic carbocycles. The van der Waals surface area contributed by atoms with Gasteiger partial charge in [0.05, 0.1) is 16.6 Å². The van der Waals surface area contributed by atoms with E-state index in [0.29, 0.717) is 39.0 Å². The van der Waals surface area contributed by atoms with Gasteiger partial charge in [-0.2, -0.15) is 0 Å². The van der Waals surface area contributed by atoms with Crippen LogP contribution >= 0.6 is 0 Å². The van der Waals surface area contributed by atoms with Gasteiger partial charge in [0.15, 0.2) is 0 Å². The SMILES string of the molecule is CC(C)(C)CNS(=O)(=O)C1CCOC(CC(C)(C)CNS(=O)(=O)C2CC2)C1. The molecule has 9 heteroatoms. The van der Waals surface area contributed by atoms with Gasteiger partial charge in [-0.3, -0.25) is 0 Å². The zero-order chi connectivity index (χ0) is 20.5. The summed E-state index contributed by atoms with van der Waals surface area (Å²) < 4.78 is 60.6. The fraction of sp³-hybridized carbons (Fsp3) is 1.00. The van der Waals surface area contributed by atoms with Crippen molar-refractivity contribution in [1.29, 1.82) is 0 Å². The average Bonchev–Trinajstić information content (AvgIpc) is 3.36. The largest absolute Gasteiger partial charge is 0.378 e.